The van der Waals surface area contributed by atoms with Gasteiger partial charge >= 0.3 is 0 Å². The Balaban J connectivity index is 1.67. The molecule has 1 heterocycles. The lowest BCUT2D eigenvalue weighted by Gasteiger charge is -2.08. The predicted molar refractivity (Wildman–Crippen MR) is 91.4 cm³/mol. The number of carbonyl (C=O) groups excluding carboxylic acids is 2. The fraction of sp³-hybridized carbons (Fsp3) is 0.158. The normalized spacial score (nSPS) is 10.7. The van der Waals surface area contributed by atoms with E-state index in [0.29, 0.717) is 0 Å². The van der Waals surface area contributed by atoms with Crippen LogP contribution in [0, 0.1) is 19.7 Å². The van der Waals surface area contributed by atoms with Crippen molar-refractivity contribution >= 4 is 22.8 Å². The molecule has 6 heteroatoms. The number of aryl methyl sites for hydroxylation is 2. The van der Waals surface area contributed by atoms with Crippen molar-refractivity contribution in [3.63, 3.8) is 0 Å². The van der Waals surface area contributed by atoms with Crippen LogP contribution in [0.4, 0.5) is 4.39 Å². The number of amides is 2. The molecule has 0 saturated heterocycles. The summed E-state index contributed by atoms with van der Waals surface area (Å²) in [4.78, 5) is 24.0. The topological polar surface area (TPSA) is 71.3 Å². The van der Waals surface area contributed by atoms with Crippen LogP contribution in [-0.2, 0) is 11.2 Å². The zero-order valence-electron chi connectivity index (χ0n) is 13.9. The average molecular weight is 340 g/mol. The van der Waals surface area contributed by atoms with Crippen molar-refractivity contribution < 1.29 is 18.4 Å². The zero-order valence-corrected chi connectivity index (χ0v) is 13.9. The third-order valence-corrected chi connectivity index (χ3v) is 3.88. The Morgan fingerprint density at radius 1 is 1.12 bits per heavy atom. The zero-order chi connectivity index (χ0) is 18.0. The molecule has 0 unspecified atom stereocenters. The number of hydrogen-bond donors (Lipinski definition) is 2. The van der Waals surface area contributed by atoms with Gasteiger partial charge in [0.25, 0.3) is 5.91 Å². The fourth-order valence-electron chi connectivity index (χ4n) is 2.81. The molecule has 0 aliphatic heterocycles. The van der Waals surface area contributed by atoms with Gasteiger partial charge in [-0.3, -0.25) is 20.4 Å². The smallest absolute Gasteiger partial charge is 0.272 e. The van der Waals surface area contributed by atoms with Gasteiger partial charge in [-0.05, 0) is 43.2 Å². The fourth-order valence-corrected chi connectivity index (χ4v) is 2.81. The minimum atomic E-state index is -0.713. The minimum absolute atomic E-state index is 0.0362. The predicted octanol–water partition coefficient (Wildman–Crippen LogP) is 3.19. The molecule has 0 aliphatic rings. The molecule has 0 spiro atoms. The Morgan fingerprint density at radius 2 is 1.88 bits per heavy atom. The van der Waals surface area contributed by atoms with E-state index in [9.17, 15) is 14.0 Å². The second kappa shape index (κ2) is 6.76. The highest BCUT2D eigenvalue weighted by atomic mass is 19.1. The van der Waals surface area contributed by atoms with E-state index in [1.54, 1.807) is 6.07 Å². The maximum Gasteiger partial charge on any atom is 0.272 e. The number of halogens is 1. The SMILES string of the molecule is Cc1cc(C)c2c(CC(=O)NNC(=O)c3ccccc3F)coc2c1. The number of fused-ring (bicyclic) bond motifs is 1. The first-order valence-corrected chi connectivity index (χ1v) is 7.76. The summed E-state index contributed by atoms with van der Waals surface area (Å²) in [6.45, 7) is 3.92. The van der Waals surface area contributed by atoms with Gasteiger partial charge in [0.1, 0.15) is 11.4 Å². The lowest BCUT2D eigenvalue weighted by Crippen LogP contribution is -2.42. The summed E-state index contributed by atoms with van der Waals surface area (Å²) < 4.78 is 19.0. The first-order valence-electron chi connectivity index (χ1n) is 7.76. The summed E-state index contributed by atoms with van der Waals surface area (Å²) in [5.41, 5.74) is 7.91. The molecular weight excluding hydrogens is 323 g/mol. The van der Waals surface area contributed by atoms with E-state index in [-0.39, 0.29) is 12.0 Å². The standard InChI is InChI=1S/C19H17FN2O3/c1-11-7-12(2)18-13(10-25-16(18)8-11)9-17(23)21-22-19(24)14-5-3-4-6-15(14)20/h3-8,10H,9H2,1-2H3,(H,21,23)(H,22,24). The molecular formula is C19H17FN2O3. The second-order valence-corrected chi connectivity index (χ2v) is 5.87. The summed E-state index contributed by atoms with van der Waals surface area (Å²) >= 11 is 0. The minimum Gasteiger partial charge on any atom is -0.464 e. The maximum atomic E-state index is 13.5. The molecule has 0 fully saturated rings. The van der Waals surface area contributed by atoms with Gasteiger partial charge in [0, 0.05) is 10.9 Å². The van der Waals surface area contributed by atoms with Gasteiger partial charge in [0.05, 0.1) is 18.2 Å². The Morgan fingerprint density at radius 3 is 2.64 bits per heavy atom. The van der Waals surface area contributed by atoms with Crippen molar-refractivity contribution in [2.75, 3.05) is 0 Å². The van der Waals surface area contributed by atoms with E-state index in [1.165, 1.54) is 24.5 Å². The average Bonchev–Trinajstić information content (AvgIpc) is 2.96. The van der Waals surface area contributed by atoms with Crippen molar-refractivity contribution in [2.45, 2.75) is 20.3 Å². The van der Waals surface area contributed by atoms with Crippen LogP contribution in [0.3, 0.4) is 0 Å². The molecule has 0 radical (unpaired) electrons. The van der Waals surface area contributed by atoms with E-state index in [4.69, 9.17) is 4.42 Å². The van der Waals surface area contributed by atoms with Crippen LogP contribution in [-0.4, -0.2) is 11.8 Å². The first kappa shape index (κ1) is 16.7. The Labute approximate surface area is 143 Å². The molecule has 0 bridgehead atoms. The van der Waals surface area contributed by atoms with Crippen LogP contribution in [0.25, 0.3) is 11.0 Å². The van der Waals surface area contributed by atoms with E-state index >= 15 is 0 Å². The van der Waals surface area contributed by atoms with Crippen LogP contribution < -0.4 is 10.9 Å². The summed E-state index contributed by atoms with van der Waals surface area (Å²) in [5.74, 6) is -1.79. The molecule has 0 atom stereocenters. The number of rotatable bonds is 3. The van der Waals surface area contributed by atoms with Gasteiger partial charge in [-0.25, -0.2) is 4.39 Å². The van der Waals surface area contributed by atoms with Crippen LogP contribution in [0.15, 0.2) is 47.1 Å². The number of benzene rings is 2. The third-order valence-electron chi connectivity index (χ3n) is 3.88. The highest BCUT2D eigenvalue weighted by molar-refractivity contribution is 5.96. The van der Waals surface area contributed by atoms with E-state index < -0.39 is 17.6 Å². The van der Waals surface area contributed by atoms with Gasteiger partial charge in [0.15, 0.2) is 0 Å². The van der Waals surface area contributed by atoms with E-state index in [2.05, 4.69) is 10.9 Å². The monoisotopic (exact) mass is 340 g/mol. The Kier molecular flexibility index (Phi) is 4.52. The largest absolute Gasteiger partial charge is 0.464 e. The molecule has 2 aromatic carbocycles. The quantitative estimate of drug-likeness (QED) is 0.719. The van der Waals surface area contributed by atoms with Crippen molar-refractivity contribution in [1.82, 2.24) is 10.9 Å². The molecule has 0 aliphatic carbocycles. The van der Waals surface area contributed by atoms with Crippen molar-refractivity contribution in [2.24, 2.45) is 0 Å². The molecule has 2 N–H and O–H groups in total. The van der Waals surface area contributed by atoms with Crippen molar-refractivity contribution in [1.29, 1.82) is 0 Å². The molecule has 3 aromatic rings. The molecule has 0 saturated carbocycles. The number of hydrazine groups is 1. The summed E-state index contributed by atoms with van der Waals surface area (Å²) in [6, 6.07) is 9.47. The van der Waals surface area contributed by atoms with Crippen LogP contribution >= 0.6 is 0 Å². The maximum absolute atomic E-state index is 13.5. The lowest BCUT2D eigenvalue weighted by atomic mass is 10.0. The first-order chi connectivity index (χ1) is 12.0. The van der Waals surface area contributed by atoms with Crippen molar-refractivity contribution in [3.8, 4) is 0 Å². The molecule has 1 aromatic heterocycles. The Bertz CT molecular complexity index is 962. The summed E-state index contributed by atoms with van der Waals surface area (Å²) in [7, 11) is 0. The van der Waals surface area contributed by atoms with Crippen LogP contribution in [0.1, 0.15) is 27.0 Å². The number of furan rings is 1. The highest BCUT2D eigenvalue weighted by Crippen LogP contribution is 2.26. The van der Waals surface area contributed by atoms with E-state index in [0.717, 1.165) is 27.7 Å². The molecule has 3 rings (SSSR count). The van der Waals surface area contributed by atoms with Gasteiger partial charge in [-0.15, -0.1) is 0 Å². The Hall–Kier alpha value is -3.15. The van der Waals surface area contributed by atoms with Crippen molar-refractivity contribution in [3.05, 3.63) is 70.7 Å². The molecule has 25 heavy (non-hydrogen) atoms. The van der Waals surface area contributed by atoms with Gasteiger partial charge < -0.3 is 4.42 Å². The summed E-state index contributed by atoms with van der Waals surface area (Å²) in [5, 5.41) is 0.890. The number of carbonyl (C=O) groups is 2. The summed E-state index contributed by atoms with van der Waals surface area (Å²) in [6.07, 6.45) is 1.57. The van der Waals surface area contributed by atoms with Crippen LogP contribution in [0.5, 0.6) is 0 Å². The van der Waals surface area contributed by atoms with Gasteiger partial charge in [-0.2, -0.15) is 0 Å². The van der Waals surface area contributed by atoms with E-state index in [1.807, 2.05) is 26.0 Å². The lowest BCUT2D eigenvalue weighted by molar-refractivity contribution is -0.121. The molecule has 5 nitrogen and oxygen atoms in total. The van der Waals surface area contributed by atoms with Crippen LogP contribution in [0.2, 0.25) is 0 Å². The molecule has 128 valence electrons. The number of nitrogens with one attached hydrogen (secondary N) is 2. The van der Waals surface area contributed by atoms with Gasteiger partial charge in [0.2, 0.25) is 5.91 Å². The number of hydrogen-bond acceptors (Lipinski definition) is 3. The molecule has 2 amide bonds. The third kappa shape index (κ3) is 3.52. The highest BCUT2D eigenvalue weighted by Gasteiger charge is 2.15. The second-order valence-electron chi connectivity index (χ2n) is 5.87. The van der Waals surface area contributed by atoms with Gasteiger partial charge in [-0.1, -0.05) is 18.2 Å².